The van der Waals surface area contributed by atoms with Gasteiger partial charge in [0.25, 0.3) is 0 Å². The van der Waals surface area contributed by atoms with Gasteiger partial charge < -0.3 is 5.11 Å². The van der Waals surface area contributed by atoms with Crippen LogP contribution in [0.15, 0.2) is 36.9 Å². The van der Waals surface area contributed by atoms with Crippen molar-refractivity contribution in [3.05, 3.63) is 48.0 Å². The summed E-state index contributed by atoms with van der Waals surface area (Å²) >= 11 is 0. The first-order valence-electron chi connectivity index (χ1n) is 4.60. The highest BCUT2D eigenvalue weighted by Crippen LogP contribution is 2.22. The molecular formula is C12H14O2. The highest BCUT2D eigenvalue weighted by Gasteiger charge is 2.13. The van der Waals surface area contributed by atoms with Gasteiger partial charge in [0.15, 0.2) is 0 Å². The molecule has 0 amide bonds. The van der Waals surface area contributed by atoms with Crippen LogP contribution < -0.4 is 0 Å². The maximum Gasteiger partial charge on any atom is 0.335 e. The fourth-order valence-electron chi connectivity index (χ4n) is 1.50. The van der Waals surface area contributed by atoms with Crippen molar-refractivity contribution in [1.29, 1.82) is 0 Å². The molecule has 74 valence electrons. The van der Waals surface area contributed by atoms with Crippen molar-refractivity contribution in [2.45, 2.75) is 19.3 Å². The molecule has 0 aliphatic carbocycles. The Kier molecular flexibility index (Phi) is 3.46. The SMILES string of the molecule is C=CCC(C)c1ccccc1C(=O)O. The highest BCUT2D eigenvalue weighted by atomic mass is 16.4. The van der Waals surface area contributed by atoms with Crippen LogP contribution in [0, 0.1) is 0 Å². The van der Waals surface area contributed by atoms with E-state index in [1.807, 2.05) is 25.1 Å². The van der Waals surface area contributed by atoms with E-state index in [9.17, 15) is 4.79 Å². The van der Waals surface area contributed by atoms with Gasteiger partial charge >= 0.3 is 5.97 Å². The van der Waals surface area contributed by atoms with E-state index < -0.39 is 5.97 Å². The largest absolute Gasteiger partial charge is 0.478 e. The molecule has 1 aromatic carbocycles. The Hall–Kier alpha value is -1.57. The molecule has 2 heteroatoms. The van der Waals surface area contributed by atoms with Gasteiger partial charge in [0.1, 0.15) is 0 Å². The van der Waals surface area contributed by atoms with Gasteiger partial charge in [0.05, 0.1) is 5.56 Å². The molecule has 0 fully saturated rings. The summed E-state index contributed by atoms with van der Waals surface area (Å²) in [6, 6.07) is 7.10. The lowest BCUT2D eigenvalue weighted by atomic mass is 9.93. The van der Waals surface area contributed by atoms with E-state index in [0.29, 0.717) is 5.56 Å². The highest BCUT2D eigenvalue weighted by molar-refractivity contribution is 5.89. The number of allylic oxidation sites excluding steroid dienone is 1. The first-order chi connectivity index (χ1) is 6.66. The molecule has 1 unspecified atom stereocenters. The molecule has 0 aromatic heterocycles. The monoisotopic (exact) mass is 190 g/mol. The van der Waals surface area contributed by atoms with E-state index in [1.54, 1.807) is 12.1 Å². The van der Waals surface area contributed by atoms with Crippen LogP contribution in [0.3, 0.4) is 0 Å². The van der Waals surface area contributed by atoms with Crippen LogP contribution in [0.4, 0.5) is 0 Å². The van der Waals surface area contributed by atoms with Crippen molar-refractivity contribution in [2.24, 2.45) is 0 Å². The molecule has 1 N–H and O–H groups in total. The molecule has 0 aliphatic rings. The van der Waals surface area contributed by atoms with E-state index in [1.165, 1.54) is 0 Å². The van der Waals surface area contributed by atoms with Gasteiger partial charge in [-0.2, -0.15) is 0 Å². The zero-order valence-corrected chi connectivity index (χ0v) is 8.23. The quantitative estimate of drug-likeness (QED) is 0.741. The van der Waals surface area contributed by atoms with Crippen molar-refractivity contribution >= 4 is 5.97 Å². The van der Waals surface area contributed by atoms with E-state index in [2.05, 4.69) is 6.58 Å². The van der Waals surface area contributed by atoms with Gasteiger partial charge in [-0.05, 0) is 24.0 Å². The van der Waals surface area contributed by atoms with E-state index >= 15 is 0 Å². The Bertz CT molecular complexity index is 342. The average molecular weight is 190 g/mol. The molecule has 0 saturated carbocycles. The molecule has 2 nitrogen and oxygen atoms in total. The summed E-state index contributed by atoms with van der Waals surface area (Å²) in [5.74, 6) is -0.656. The third kappa shape index (κ3) is 2.22. The number of benzene rings is 1. The molecule has 1 atom stereocenters. The Balaban J connectivity index is 3.06. The van der Waals surface area contributed by atoms with Crippen molar-refractivity contribution in [2.75, 3.05) is 0 Å². The van der Waals surface area contributed by atoms with Crippen LogP contribution in [-0.2, 0) is 0 Å². The van der Waals surface area contributed by atoms with Crippen molar-refractivity contribution in [1.82, 2.24) is 0 Å². The number of hydrogen-bond donors (Lipinski definition) is 1. The molecular weight excluding hydrogens is 176 g/mol. The van der Waals surface area contributed by atoms with Crippen LogP contribution in [0.5, 0.6) is 0 Å². The minimum Gasteiger partial charge on any atom is -0.478 e. The smallest absolute Gasteiger partial charge is 0.335 e. The van der Waals surface area contributed by atoms with Crippen molar-refractivity contribution in [3.8, 4) is 0 Å². The second-order valence-electron chi connectivity index (χ2n) is 3.32. The second-order valence-corrected chi connectivity index (χ2v) is 3.32. The number of aromatic carboxylic acids is 1. The molecule has 0 saturated heterocycles. The summed E-state index contributed by atoms with van der Waals surface area (Å²) in [6.07, 6.45) is 2.60. The van der Waals surface area contributed by atoms with Crippen LogP contribution in [0.25, 0.3) is 0 Å². The maximum atomic E-state index is 10.9. The number of carbonyl (C=O) groups is 1. The number of hydrogen-bond acceptors (Lipinski definition) is 1. The van der Waals surface area contributed by atoms with E-state index in [-0.39, 0.29) is 5.92 Å². The predicted molar refractivity (Wildman–Crippen MR) is 56.6 cm³/mol. The number of carboxylic acid groups (broad SMARTS) is 1. The van der Waals surface area contributed by atoms with Gasteiger partial charge in [-0.1, -0.05) is 31.2 Å². The van der Waals surface area contributed by atoms with Crippen LogP contribution in [0.1, 0.15) is 35.2 Å². The minimum atomic E-state index is -0.864. The fourth-order valence-corrected chi connectivity index (χ4v) is 1.50. The van der Waals surface area contributed by atoms with Crippen LogP contribution in [0.2, 0.25) is 0 Å². The molecule has 1 rings (SSSR count). The Morgan fingerprint density at radius 1 is 1.57 bits per heavy atom. The third-order valence-electron chi connectivity index (χ3n) is 2.24. The fraction of sp³-hybridized carbons (Fsp3) is 0.250. The summed E-state index contributed by atoms with van der Waals surface area (Å²) < 4.78 is 0. The van der Waals surface area contributed by atoms with Gasteiger partial charge in [-0.25, -0.2) is 4.79 Å². The number of carboxylic acids is 1. The lowest BCUT2D eigenvalue weighted by Gasteiger charge is -2.11. The molecule has 14 heavy (non-hydrogen) atoms. The van der Waals surface area contributed by atoms with Gasteiger partial charge in [-0.3, -0.25) is 0 Å². The molecule has 0 radical (unpaired) electrons. The second kappa shape index (κ2) is 4.61. The Labute approximate surface area is 83.9 Å². The maximum absolute atomic E-state index is 10.9. The molecule has 0 spiro atoms. The van der Waals surface area contributed by atoms with E-state index in [0.717, 1.165) is 12.0 Å². The minimum absolute atomic E-state index is 0.208. The normalized spacial score (nSPS) is 12.1. The average Bonchev–Trinajstić information content (AvgIpc) is 2.18. The van der Waals surface area contributed by atoms with E-state index in [4.69, 9.17) is 5.11 Å². The van der Waals surface area contributed by atoms with Crippen molar-refractivity contribution in [3.63, 3.8) is 0 Å². The first kappa shape index (κ1) is 10.5. The number of rotatable bonds is 4. The zero-order valence-electron chi connectivity index (χ0n) is 8.23. The summed E-state index contributed by atoms with van der Waals surface area (Å²) in [5, 5.41) is 8.96. The summed E-state index contributed by atoms with van der Waals surface area (Å²) in [4.78, 5) is 10.9. The molecule has 0 bridgehead atoms. The lowest BCUT2D eigenvalue weighted by Crippen LogP contribution is -2.04. The van der Waals surface area contributed by atoms with Gasteiger partial charge in [0, 0.05) is 0 Å². The Morgan fingerprint density at radius 3 is 2.79 bits per heavy atom. The van der Waals surface area contributed by atoms with Crippen molar-refractivity contribution < 1.29 is 9.90 Å². The van der Waals surface area contributed by atoms with Crippen LogP contribution >= 0.6 is 0 Å². The first-order valence-corrected chi connectivity index (χ1v) is 4.60. The molecule has 1 aromatic rings. The third-order valence-corrected chi connectivity index (χ3v) is 2.24. The summed E-state index contributed by atoms with van der Waals surface area (Å²) in [7, 11) is 0. The van der Waals surface area contributed by atoms with Crippen LogP contribution in [-0.4, -0.2) is 11.1 Å². The summed E-state index contributed by atoms with van der Waals surface area (Å²) in [6.45, 7) is 5.66. The van der Waals surface area contributed by atoms with Gasteiger partial charge in [-0.15, -0.1) is 6.58 Å². The predicted octanol–water partition coefficient (Wildman–Crippen LogP) is 3.06. The van der Waals surface area contributed by atoms with Gasteiger partial charge in [0.2, 0.25) is 0 Å². The Morgan fingerprint density at radius 2 is 2.21 bits per heavy atom. The molecule has 0 aliphatic heterocycles. The standard InChI is InChI=1S/C12H14O2/c1-3-6-9(2)10-7-4-5-8-11(10)12(13)14/h3-5,7-9H,1,6H2,2H3,(H,13,14). The summed E-state index contributed by atoms with van der Waals surface area (Å²) in [5.41, 5.74) is 1.27. The molecule has 0 heterocycles. The lowest BCUT2D eigenvalue weighted by molar-refractivity contribution is 0.0695. The topological polar surface area (TPSA) is 37.3 Å². The zero-order chi connectivity index (χ0) is 10.6.